The van der Waals surface area contributed by atoms with Gasteiger partial charge in [0.15, 0.2) is 0 Å². The van der Waals surface area contributed by atoms with Crippen molar-refractivity contribution in [3.05, 3.63) is 22.9 Å². The summed E-state index contributed by atoms with van der Waals surface area (Å²) in [5.41, 5.74) is 0.980. The van der Waals surface area contributed by atoms with Gasteiger partial charge in [0.25, 0.3) is 0 Å². The topological polar surface area (TPSA) is 38.9 Å². The molecule has 0 fully saturated rings. The van der Waals surface area contributed by atoms with Gasteiger partial charge >= 0.3 is 12.4 Å². The van der Waals surface area contributed by atoms with Gasteiger partial charge in [-0.15, -0.1) is 0 Å². The number of pyridine rings is 1. The molecule has 8 heteroatoms. The lowest BCUT2D eigenvalue weighted by atomic mass is 10.0. The summed E-state index contributed by atoms with van der Waals surface area (Å²) < 4.78 is 74.1. The molecule has 90 valence electrons. The first-order valence-electron chi connectivity index (χ1n) is 3.94. The summed E-state index contributed by atoms with van der Waals surface area (Å²) in [6.45, 7) is 0.712. The van der Waals surface area contributed by atoms with E-state index in [4.69, 9.17) is 5.73 Å². The number of nitrogen functional groups attached to an aromatic ring is 1. The maximum absolute atomic E-state index is 12.4. The van der Waals surface area contributed by atoms with Gasteiger partial charge in [-0.05, 0) is 12.5 Å². The molecule has 2 nitrogen and oxygen atoms in total. The Morgan fingerprint density at radius 3 is 1.94 bits per heavy atom. The van der Waals surface area contributed by atoms with Crippen LogP contribution in [0.5, 0.6) is 0 Å². The predicted molar refractivity (Wildman–Crippen MR) is 43.4 cm³/mol. The Morgan fingerprint density at radius 1 is 1.06 bits per heavy atom. The number of halogens is 6. The van der Waals surface area contributed by atoms with Gasteiger partial charge in [0.05, 0.1) is 5.56 Å². The van der Waals surface area contributed by atoms with Gasteiger partial charge in [0.1, 0.15) is 11.4 Å². The van der Waals surface area contributed by atoms with E-state index in [9.17, 15) is 26.3 Å². The summed E-state index contributed by atoms with van der Waals surface area (Å²) in [7, 11) is 0. The number of nitrogens with zero attached hydrogens (tertiary/aromatic N) is 1. The average molecular weight is 244 g/mol. The molecule has 1 heterocycles. The smallest absolute Gasteiger partial charge is 0.383 e. The molecule has 16 heavy (non-hydrogen) atoms. The number of aromatic nitrogens is 1. The van der Waals surface area contributed by atoms with Gasteiger partial charge in [-0.1, -0.05) is 0 Å². The van der Waals surface area contributed by atoms with Gasteiger partial charge in [0.2, 0.25) is 0 Å². The molecule has 1 rings (SSSR count). The second-order valence-corrected chi connectivity index (χ2v) is 3.05. The van der Waals surface area contributed by atoms with E-state index in [1.165, 1.54) is 0 Å². The number of hydrogen-bond donors (Lipinski definition) is 1. The first-order valence-corrected chi connectivity index (χ1v) is 3.94. The van der Waals surface area contributed by atoms with Crippen molar-refractivity contribution in [3.8, 4) is 0 Å². The summed E-state index contributed by atoms with van der Waals surface area (Å²) >= 11 is 0. The van der Waals surface area contributed by atoms with E-state index in [1.807, 2.05) is 0 Å². The zero-order valence-electron chi connectivity index (χ0n) is 7.87. The Hall–Kier alpha value is -1.47. The second kappa shape index (κ2) is 3.53. The Labute approximate surface area is 86.1 Å². The molecule has 0 aliphatic heterocycles. The number of hydrogen-bond acceptors (Lipinski definition) is 2. The highest BCUT2D eigenvalue weighted by molar-refractivity contribution is 5.49. The van der Waals surface area contributed by atoms with Crippen molar-refractivity contribution in [1.29, 1.82) is 0 Å². The largest absolute Gasteiger partial charge is 0.420 e. The Morgan fingerprint density at radius 2 is 1.56 bits per heavy atom. The lowest BCUT2D eigenvalue weighted by molar-refractivity contribution is -0.143. The summed E-state index contributed by atoms with van der Waals surface area (Å²) in [6, 6.07) is 0. The molecular formula is C8H6F6N2. The summed E-state index contributed by atoms with van der Waals surface area (Å²) in [5, 5.41) is 0. The van der Waals surface area contributed by atoms with Crippen molar-refractivity contribution in [2.24, 2.45) is 0 Å². The van der Waals surface area contributed by atoms with Gasteiger partial charge in [-0.3, -0.25) is 0 Å². The maximum Gasteiger partial charge on any atom is 0.420 e. The van der Waals surface area contributed by atoms with Crippen LogP contribution in [0.4, 0.5) is 32.2 Å². The molecule has 0 saturated carbocycles. The van der Waals surface area contributed by atoms with Crippen LogP contribution in [-0.4, -0.2) is 4.98 Å². The molecule has 0 unspecified atom stereocenters. The normalized spacial score (nSPS) is 12.9. The van der Waals surface area contributed by atoms with Crippen LogP contribution in [0.1, 0.15) is 16.7 Å². The molecule has 2 N–H and O–H groups in total. The molecule has 0 bridgehead atoms. The average Bonchev–Trinajstić information content (AvgIpc) is 1.97. The SMILES string of the molecule is Cc1c(C(F)(F)F)cnc(N)c1C(F)(F)F. The molecule has 1 aromatic heterocycles. The van der Waals surface area contributed by atoms with Gasteiger partial charge < -0.3 is 5.73 Å². The number of rotatable bonds is 0. The third-order valence-electron chi connectivity index (χ3n) is 1.96. The highest BCUT2D eigenvalue weighted by Gasteiger charge is 2.41. The standard InChI is InChI=1S/C8H6F6N2/c1-3-4(7(9,10)11)2-16-6(15)5(3)8(12,13)14/h2H,1H3,(H2,15,16). The third-order valence-corrected chi connectivity index (χ3v) is 1.96. The summed E-state index contributed by atoms with van der Waals surface area (Å²) in [4.78, 5) is 2.91. The van der Waals surface area contributed by atoms with Crippen LogP contribution in [0.2, 0.25) is 0 Å². The van der Waals surface area contributed by atoms with Crippen LogP contribution in [0.15, 0.2) is 6.20 Å². The summed E-state index contributed by atoms with van der Waals surface area (Å²) in [5.74, 6) is -0.960. The van der Waals surface area contributed by atoms with Crippen LogP contribution in [0, 0.1) is 6.92 Å². The number of alkyl halides is 6. The van der Waals surface area contributed by atoms with Gasteiger partial charge in [0, 0.05) is 6.20 Å². The molecular weight excluding hydrogens is 238 g/mol. The van der Waals surface area contributed by atoms with Crippen LogP contribution >= 0.6 is 0 Å². The molecule has 0 aromatic carbocycles. The monoisotopic (exact) mass is 244 g/mol. The fraction of sp³-hybridized carbons (Fsp3) is 0.375. The van der Waals surface area contributed by atoms with Crippen molar-refractivity contribution in [1.82, 2.24) is 4.98 Å². The third kappa shape index (κ3) is 2.20. The molecule has 0 amide bonds. The highest BCUT2D eigenvalue weighted by atomic mass is 19.4. The van der Waals surface area contributed by atoms with E-state index < -0.39 is 34.9 Å². The highest BCUT2D eigenvalue weighted by Crippen LogP contribution is 2.40. The predicted octanol–water partition coefficient (Wildman–Crippen LogP) is 3.01. The second-order valence-electron chi connectivity index (χ2n) is 3.05. The lowest BCUT2D eigenvalue weighted by Gasteiger charge is -2.16. The molecule has 0 saturated heterocycles. The summed E-state index contributed by atoms with van der Waals surface area (Å²) in [6.07, 6.45) is -9.55. The molecule has 0 atom stereocenters. The number of nitrogens with two attached hydrogens (primary N) is 1. The molecule has 0 spiro atoms. The van der Waals surface area contributed by atoms with Crippen molar-refractivity contribution >= 4 is 5.82 Å². The minimum Gasteiger partial charge on any atom is -0.383 e. The minimum atomic E-state index is -4.96. The first kappa shape index (κ1) is 12.6. The Balaban J connectivity index is 3.52. The van der Waals surface area contributed by atoms with Crippen molar-refractivity contribution in [2.75, 3.05) is 5.73 Å². The zero-order chi connectivity index (χ0) is 12.7. The Kier molecular flexibility index (Phi) is 2.78. The van der Waals surface area contributed by atoms with Gasteiger partial charge in [-0.25, -0.2) is 4.98 Å². The lowest BCUT2D eigenvalue weighted by Crippen LogP contribution is -2.18. The van der Waals surface area contributed by atoms with Gasteiger partial charge in [-0.2, -0.15) is 26.3 Å². The van der Waals surface area contributed by atoms with E-state index >= 15 is 0 Å². The molecule has 0 aliphatic rings. The van der Waals surface area contributed by atoms with Crippen LogP contribution < -0.4 is 5.73 Å². The van der Waals surface area contributed by atoms with E-state index in [1.54, 1.807) is 0 Å². The number of anilines is 1. The molecule has 0 radical (unpaired) electrons. The van der Waals surface area contributed by atoms with Crippen molar-refractivity contribution in [3.63, 3.8) is 0 Å². The molecule has 1 aromatic rings. The maximum atomic E-state index is 12.4. The zero-order valence-corrected chi connectivity index (χ0v) is 7.87. The fourth-order valence-electron chi connectivity index (χ4n) is 1.27. The first-order chi connectivity index (χ1) is 7.05. The minimum absolute atomic E-state index is 0.292. The molecule has 0 aliphatic carbocycles. The van der Waals surface area contributed by atoms with E-state index in [0.717, 1.165) is 0 Å². The van der Waals surface area contributed by atoms with Crippen LogP contribution in [0.3, 0.4) is 0 Å². The van der Waals surface area contributed by atoms with E-state index in [0.29, 0.717) is 13.1 Å². The van der Waals surface area contributed by atoms with Crippen LogP contribution in [0.25, 0.3) is 0 Å². The van der Waals surface area contributed by atoms with Crippen molar-refractivity contribution in [2.45, 2.75) is 19.3 Å². The Bertz CT molecular complexity index is 406. The van der Waals surface area contributed by atoms with Crippen molar-refractivity contribution < 1.29 is 26.3 Å². The quantitative estimate of drug-likeness (QED) is 0.712. The van der Waals surface area contributed by atoms with E-state index in [-0.39, 0.29) is 0 Å². The van der Waals surface area contributed by atoms with E-state index in [2.05, 4.69) is 4.98 Å². The van der Waals surface area contributed by atoms with Crippen LogP contribution in [-0.2, 0) is 12.4 Å². The fourth-order valence-corrected chi connectivity index (χ4v) is 1.27.